The van der Waals surface area contributed by atoms with Crippen molar-refractivity contribution in [3.8, 4) is 0 Å². The molecule has 0 bridgehead atoms. The van der Waals surface area contributed by atoms with Crippen molar-refractivity contribution in [2.75, 3.05) is 33.0 Å². The third-order valence-electron chi connectivity index (χ3n) is 23.6. The van der Waals surface area contributed by atoms with Gasteiger partial charge in [-0.3, -0.25) is 4.79 Å². The number of hydrogen-bond acceptors (Lipinski definition) is 29. The summed E-state index contributed by atoms with van der Waals surface area (Å²) in [6.45, 7) is 10.7. The van der Waals surface area contributed by atoms with E-state index in [1.165, 1.54) is 6.92 Å². The Labute approximate surface area is 515 Å². The van der Waals surface area contributed by atoms with Gasteiger partial charge in [-0.1, -0.05) is 53.2 Å². The number of ether oxygens (including phenoxy) is 10. The van der Waals surface area contributed by atoms with Gasteiger partial charge in [0.05, 0.1) is 51.3 Å². The summed E-state index contributed by atoms with van der Waals surface area (Å²) in [5, 5.41) is 196. The summed E-state index contributed by atoms with van der Waals surface area (Å²) in [5.74, 6) is -1.78. The summed E-state index contributed by atoms with van der Waals surface area (Å²) in [4.78, 5) is 15.3. The number of hydrogen-bond donors (Lipinski definition) is 18. The summed E-state index contributed by atoms with van der Waals surface area (Å²) in [5.41, 5.74) is -3.68. The van der Waals surface area contributed by atoms with E-state index in [2.05, 4.69) is 40.7 Å². The van der Waals surface area contributed by atoms with Crippen LogP contribution in [-0.2, 0) is 52.2 Å². The molecule has 29 nitrogen and oxygen atoms in total. The highest BCUT2D eigenvalue weighted by Gasteiger charge is 2.73. The van der Waals surface area contributed by atoms with E-state index < -0.39 is 231 Å². The van der Waals surface area contributed by atoms with Crippen LogP contribution < -0.4 is 0 Å². The van der Waals surface area contributed by atoms with E-state index in [1.807, 2.05) is 6.92 Å². The largest absolute Gasteiger partial charge is 0.432 e. The quantitative estimate of drug-likeness (QED) is 0.0414. The van der Waals surface area contributed by atoms with Gasteiger partial charge in [-0.2, -0.15) is 0 Å². The lowest BCUT2D eigenvalue weighted by molar-refractivity contribution is -0.379. The van der Waals surface area contributed by atoms with Crippen LogP contribution in [0.3, 0.4) is 0 Å². The summed E-state index contributed by atoms with van der Waals surface area (Å²) >= 11 is 0. The molecular weight excluding hydrogens is 1180 g/mol. The summed E-state index contributed by atoms with van der Waals surface area (Å²) in [6.07, 6.45) is -38.3. The number of aliphatic hydroxyl groups is 18. The van der Waals surface area contributed by atoms with Crippen LogP contribution in [0.2, 0.25) is 0 Å². The number of aliphatic hydroxyl groups excluding tert-OH is 18. The van der Waals surface area contributed by atoms with Crippen molar-refractivity contribution >= 4 is 5.97 Å². The lowest BCUT2D eigenvalue weighted by Crippen LogP contribution is -2.69. The first kappa shape index (κ1) is 69.9. The number of allylic oxidation sites excluding steroid dienone is 2. The summed E-state index contributed by atoms with van der Waals surface area (Å²) in [6, 6.07) is 0. The van der Waals surface area contributed by atoms with Gasteiger partial charge in [0.1, 0.15) is 121 Å². The fourth-order valence-corrected chi connectivity index (χ4v) is 17.9. The molecule has 9 fully saturated rings. The monoisotopic (exact) mass is 1280 g/mol. The number of rotatable bonds is 15. The van der Waals surface area contributed by atoms with E-state index in [9.17, 15) is 91.9 Å². The van der Waals surface area contributed by atoms with Crippen molar-refractivity contribution < 1.29 is 144 Å². The van der Waals surface area contributed by atoms with Crippen molar-refractivity contribution in [2.45, 2.75) is 272 Å². The fraction of sp³-hybridized carbons (Fsp3) is 0.950. The van der Waals surface area contributed by atoms with Crippen LogP contribution in [-0.4, -0.2) is 297 Å². The second-order valence-electron chi connectivity index (χ2n) is 29.0. The molecule has 0 spiro atoms. The van der Waals surface area contributed by atoms with E-state index in [4.69, 9.17) is 47.4 Å². The van der Waals surface area contributed by atoms with Crippen LogP contribution in [0.1, 0.15) is 106 Å². The minimum Gasteiger partial charge on any atom is -0.432 e. The smallest absolute Gasteiger partial charge is 0.317 e. The predicted octanol–water partition coefficient (Wildman–Crippen LogP) is -5.24. The third-order valence-corrected chi connectivity index (χ3v) is 23.6. The number of esters is 1. The molecule has 512 valence electrons. The molecular formula is C60H98O29. The van der Waals surface area contributed by atoms with Crippen molar-refractivity contribution in [1.82, 2.24) is 0 Å². The zero-order chi connectivity index (χ0) is 65.2. The molecule has 0 aromatic rings. The average molecular weight is 1280 g/mol. The van der Waals surface area contributed by atoms with E-state index >= 15 is 4.79 Å². The van der Waals surface area contributed by atoms with Gasteiger partial charge < -0.3 is 139 Å². The van der Waals surface area contributed by atoms with Crippen LogP contribution in [0.4, 0.5) is 0 Å². The molecule has 35 atom stereocenters. The third kappa shape index (κ3) is 11.6. The van der Waals surface area contributed by atoms with Crippen LogP contribution in [0, 0.1) is 50.2 Å². The Bertz CT molecular complexity index is 2480. The predicted molar refractivity (Wildman–Crippen MR) is 297 cm³/mol. The number of carbonyl (C=O) groups is 1. The molecule has 18 N–H and O–H groups in total. The van der Waals surface area contributed by atoms with Crippen LogP contribution >= 0.6 is 0 Å². The first-order chi connectivity index (χ1) is 41.7. The first-order valence-electron chi connectivity index (χ1n) is 31.5. The molecule has 0 aromatic carbocycles. The Morgan fingerprint density at radius 1 is 0.517 bits per heavy atom. The van der Waals surface area contributed by atoms with E-state index in [1.54, 1.807) is 0 Å². The molecule has 5 aliphatic heterocycles. The average Bonchev–Trinajstić information content (AvgIpc) is 0.673. The normalized spacial score (nSPS) is 55.0. The van der Waals surface area contributed by atoms with E-state index in [-0.39, 0.29) is 36.7 Å². The molecule has 10 rings (SSSR count). The highest BCUT2D eigenvalue weighted by atomic mass is 16.8. The van der Waals surface area contributed by atoms with E-state index in [0.29, 0.717) is 44.9 Å². The maximum atomic E-state index is 15.3. The first-order valence-corrected chi connectivity index (χ1v) is 31.5. The minimum atomic E-state index is -2.01. The zero-order valence-corrected chi connectivity index (χ0v) is 51.3. The van der Waals surface area contributed by atoms with Crippen LogP contribution in [0.15, 0.2) is 11.6 Å². The van der Waals surface area contributed by atoms with Gasteiger partial charge >= 0.3 is 5.97 Å². The van der Waals surface area contributed by atoms with E-state index in [0.717, 1.165) is 5.57 Å². The Balaban J connectivity index is 0.853. The van der Waals surface area contributed by atoms with Crippen molar-refractivity contribution in [1.29, 1.82) is 0 Å². The molecule has 4 saturated carbocycles. The maximum absolute atomic E-state index is 15.3. The molecule has 0 radical (unpaired) electrons. The second-order valence-corrected chi connectivity index (χ2v) is 29.0. The highest BCUT2D eigenvalue weighted by Crippen LogP contribution is 2.76. The molecule has 0 amide bonds. The maximum Gasteiger partial charge on any atom is 0.317 e. The fourth-order valence-electron chi connectivity index (χ4n) is 17.9. The van der Waals surface area contributed by atoms with Gasteiger partial charge in [0.15, 0.2) is 25.2 Å². The minimum absolute atomic E-state index is 0.0630. The standard InChI is InChI=1S/C60H98O29/c1-23-34(66)38(70)43(75)50(81-23)87-47-28(20-63)84-49(46(78)42(47)74)80-21-29-37(69)40(72)45(77)52(85-29)89-54(79)60-15-14-55(2,3)16-25(60)24-8-9-31-56(4)12-11-33(57(5,22-64)30(56)10-13-58(31,6)59(24,7)17-32(60)65)86-53-48(41(73)36(68)27(19-62)83-53)88-51-44(76)39(71)35(67)26(18-61)82-51/h8,23,25-53,61-78H,9-22H2,1-7H3/t23-,25-,26+,27+,28+,29+,30+,31+,32+,33-,34-,35+,36+,37+,38+,39-,40-,41-,42+,43+,44+,45+,46+,47+,48+,49+,50-,51-,52-,53-,56-,57-,58+,59+,60+/m0/s1. The Hall–Kier alpha value is -1.87. The summed E-state index contributed by atoms with van der Waals surface area (Å²) in [7, 11) is 0. The molecule has 10 aliphatic rings. The van der Waals surface area contributed by atoms with Gasteiger partial charge in [0, 0.05) is 5.41 Å². The van der Waals surface area contributed by atoms with Crippen molar-refractivity contribution in [2.24, 2.45) is 50.2 Å². The zero-order valence-electron chi connectivity index (χ0n) is 51.3. The molecule has 0 unspecified atom stereocenters. The van der Waals surface area contributed by atoms with Crippen molar-refractivity contribution in [3.05, 3.63) is 11.6 Å². The van der Waals surface area contributed by atoms with Gasteiger partial charge in [-0.25, -0.2) is 0 Å². The topological polar surface area (TPSA) is 474 Å². The van der Waals surface area contributed by atoms with Crippen LogP contribution in [0.5, 0.6) is 0 Å². The molecule has 5 saturated heterocycles. The van der Waals surface area contributed by atoms with Gasteiger partial charge in [-0.15, -0.1) is 0 Å². The van der Waals surface area contributed by atoms with Gasteiger partial charge in [0.25, 0.3) is 0 Å². The lowest BCUT2D eigenvalue weighted by atomic mass is 9.33. The highest BCUT2D eigenvalue weighted by molar-refractivity contribution is 5.80. The van der Waals surface area contributed by atoms with Crippen LogP contribution in [0.25, 0.3) is 0 Å². The lowest BCUT2D eigenvalue weighted by Gasteiger charge is -2.72. The van der Waals surface area contributed by atoms with Crippen molar-refractivity contribution in [3.63, 3.8) is 0 Å². The Morgan fingerprint density at radius 2 is 1.04 bits per heavy atom. The molecule has 5 aliphatic carbocycles. The second kappa shape index (κ2) is 25.9. The Morgan fingerprint density at radius 3 is 1.67 bits per heavy atom. The SMILES string of the molecule is C[C@@H]1O[C@@H](O[C@H]2[C@H](O)[C@@H](O)[C@H](OC[C@H]3O[C@@H](OC(=O)[C@]45CCC(C)(C)C[C@H]4C4=CC[C@@H]6[C@@]7(C)CC[C@H](O[C@@H]8O[C@H](CO)[C@@H](O)[C@H](O)[C@H]8O[C@@H]8O[C@H](CO)[C@@H](O)[C@H](O)[C@H]8O)[C@@](C)(CO)[C@@H]7CC[C@@]6(C)[C@]4(C)C[C@H]5O)[C@H](O)[C@@H](O)[C@@H]3O)O[C@@H]2CO)[C@H](O)[C@H](O)[C@H]1O. The molecule has 29 heteroatoms. The molecule has 0 aromatic heterocycles. The molecule has 5 heterocycles. The number of fused-ring (bicyclic) bond motifs is 7. The number of carbonyl (C=O) groups excluding carboxylic acids is 1. The Kier molecular flexibility index (Phi) is 20.4. The summed E-state index contributed by atoms with van der Waals surface area (Å²) < 4.78 is 59.1. The van der Waals surface area contributed by atoms with Gasteiger partial charge in [-0.05, 0) is 104 Å². The van der Waals surface area contributed by atoms with Gasteiger partial charge in [0.2, 0.25) is 6.29 Å². The molecule has 89 heavy (non-hydrogen) atoms.